The number of nitrogens with two attached hydrogens (primary N) is 1. The molecule has 7 nitrogen and oxygen atoms in total. The van der Waals surface area contributed by atoms with Gasteiger partial charge in [-0.05, 0) is 24.3 Å². The average Bonchev–Trinajstić information content (AvgIpc) is 2.85. The summed E-state index contributed by atoms with van der Waals surface area (Å²) in [6.07, 6.45) is 0. The Morgan fingerprint density at radius 2 is 2.00 bits per heavy atom. The maximum absolute atomic E-state index is 11.0. The van der Waals surface area contributed by atoms with Gasteiger partial charge in [0, 0.05) is 6.07 Å². The van der Waals surface area contributed by atoms with Crippen molar-refractivity contribution in [1.82, 2.24) is 0 Å². The molecule has 0 bridgehead atoms. The normalized spacial score (nSPS) is 12.2. The number of nitro groups is 1. The molecule has 1 aliphatic heterocycles. The second-order valence-corrected chi connectivity index (χ2v) is 4.07. The van der Waals surface area contributed by atoms with Crippen molar-refractivity contribution in [3.63, 3.8) is 0 Å². The second kappa shape index (κ2) is 4.61. The third-order valence-corrected chi connectivity index (χ3v) is 2.78. The van der Waals surface area contributed by atoms with Crippen LogP contribution in [0.15, 0.2) is 36.4 Å². The monoisotopic (exact) mass is 274 g/mol. The molecular formula is C13H10N2O5. The van der Waals surface area contributed by atoms with Crippen LogP contribution in [0.3, 0.4) is 0 Å². The van der Waals surface area contributed by atoms with Crippen LogP contribution in [-0.2, 0) is 0 Å². The van der Waals surface area contributed by atoms with E-state index in [1.807, 2.05) is 0 Å². The van der Waals surface area contributed by atoms with Crippen LogP contribution in [0.5, 0.6) is 23.0 Å². The first-order valence-corrected chi connectivity index (χ1v) is 5.75. The molecule has 3 rings (SSSR count). The third-order valence-electron chi connectivity index (χ3n) is 2.78. The van der Waals surface area contributed by atoms with Gasteiger partial charge in [-0.25, -0.2) is 0 Å². The van der Waals surface area contributed by atoms with Gasteiger partial charge in [-0.15, -0.1) is 0 Å². The summed E-state index contributed by atoms with van der Waals surface area (Å²) >= 11 is 0. The SMILES string of the molecule is Nc1cccc(Oc2ccc3c(c2)OCO3)c1[N+](=O)[O-]. The zero-order valence-electron chi connectivity index (χ0n) is 10.2. The average molecular weight is 274 g/mol. The van der Waals surface area contributed by atoms with Crippen molar-refractivity contribution in [3.8, 4) is 23.0 Å². The number of nitrogen functional groups attached to an aromatic ring is 1. The molecule has 0 atom stereocenters. The van der Waals surface area contributed by atoms with Gasteiger partial charge in [0.2, 0.25) is 12.5 Å². The lowest BCUT2D eigenvalue weighted by atomic mass is 10.2. The second-order valence-electron chi connectivity index (χ2n) is 4.07. The summed E-state index contributed by atoms with van der Waals surface area (Å²) in [4.78, 5) is 10.4. The van der Waals surface area contributed by atoms with E-state index in [1.165, 1.54) is 12.1 Å². The molecule has 1 heterocycles. The Labute approximate surface area is 113 Å². The first kappa shape index (κ1) is 12.1. The van der Waals surface area contributed by atoms with Gasteiger partial charge in [0.25, 0.3) is 0 Å². The fraction of sp³-hybridized carbons (Fsp3) is 0.0769. The molecule has 102 valence electrons. The molecule has 0 unspecified atom stereocenters. The Bertz CT molecular complexity index is 686. The third kappa shape index (κ3) is 2.05. The number of hydrogen-bond acceptors (Lipinski definition) is 6. The number of benzene rings is 2. The van der Waals surface area contributed by atoms with E-state index >= 15 is 0 Å². The Balaban J connectivity index is 1.95. The van der Waals surface area contributed by atoms with E-state index in [-0.39, 0.29) is 23.9 Å². The van der Waals surface area contributed by atoms with Crippen LogP contribution in [0.4, 0.5) is 11.4 Å². The highest BCUT2D eigenvalue weighted by atomic mass is 16.7. The summed E-state index contributed by atoms with van der Waals surface area (Å²) in [7, 11) is 0. The molecular weight excluding hydrogens is 264 g/mol. The van der Waals surface area contributed by atoms with E-state index in [4.69, 9.17) is 19.9 Å². The van der Waals surface area contributed by atoms with Gasteiger partial charge in [0.1, 0.15) is 11.4 Å². The van der Waals surface area contributed by atoms with Crippen molar-refractivity contribution < 1.29 is 19.1 Å². The number of ether oxygens (including phenoxy) is 3. The minimum Gasteiger partial charge on any atom is -0.454 e. The van der Waals surface area contributed by atoms with E-state index < -0.39 is 4.92 Å². The van der Waals surface area contributed by atoms with Gasteiger partial charge in [-0.3, -0.25) is 10.1 Å². The minimum atomic E-state index is -0.572. The Morgan fingerprint density at radius 1 is 1.20 bits per heavy atom. The molecule has 0 saturated heterocycles. The highest BCUT2D eigenvalue weighted by Crippen LogP contribution is 2.39. The molecule has 0 fully saturated rings. The molecule has 0 spiro atoms. The van der Waals surface area contributed by atoms with Gasteiger partial charge in [0.05, 0.1) is 4.92 Å². The molecule has 2 N–H and O–H groups in total. The molecule has 2 aromatic rings. The fourth-order valence-electron chi connectivity index (χ4n) is 1.88. The number of hydrogen-bond donors (Lipinski definition) is 1. The molecule has 20 heavy (non-hydrogen) atoms. The fourth-order valence-corrected chi connectivity index (χ4v) is 1.88. The van der Waals surface area contributed by atoms with Gasteiger partial charge < -0.3 is 19.9 Å². The van der Waals surface area contributed by atoms with Crippen LogP contribution in [0.1, 0.15) is 0 Å². The zero-order valence-corrected chi connectivity index (χ0v) is 10.2. The molecule has 0 aromatic heterocycles. The molecule has 7 heteroatoms. The molecule has 2 aromatic carbocycles. The summed E-state index contributed by atoms with van der Waals surface area (Å²) in [6, 6.07) is 9.44. The van der Waals surface area contributed by atoms with Crippen molar-refractivity contribution >= 4 is 11.4 Å². The number of nitrogens with zero attached hydrogens (tertiary/aromatic N) is 1. The van der Waals surface area contributed by atoms with Crippen LogP contribution in [0.25, 0.3) is 0 Å². The summed E-state index contributed by atoms with van der Waals surface area (Å²) in [5.74, 6) is 1.63. The number of nitro benzene ring substituents is 1. The topological polar surface area (TPSA) is 96.9 Å². The van der Waals surface area contributed by atoms with Gasteiger partial charge in [-0.2, -0.15) is 0 Å². The highest BCUT2D eigenvalue weighted by Gasteiger charge is 2.21. The van der Waals surface area contributed by atoms with E-state index in [0.717, 1.165) is 0 Å². The van der Waals surface area contributed by atoms with E-state index in [9.17, 15) is 10.1 Å². The van der Waals surface area contributed by atoms with Crippen molar-refractivity contribution in [2.75, 3.05) is 12.5 Å². The highest BCUT2D eigenvalue weighted by molar-refractivity contribution is 5.66. The summed E-state index contributed by atoms with van der Waals surface area (Å²) in [5.41, 5.74) is 5.39. The first-order chi connectivity index (χ1) is 9.65. The molecule has 0 radical (unpaired) electrons. The maximum atomic E-state index is 11.0. The molecule has 0 amide bonds. The summed E-state index contributed by atoms with van der Waals surface area (Å²) in [6.45, 7) is 0.150. The summed E-state index contributed by atoms with van der Waals surface area (Å²) in [5, 5.41) is 11.0. The number of rotatable bonds is 3. The van der Waals surface area contributed by atoms with Gasteiger partial charge in [0.15, 0.2) is 11.5 Å². The smallest absolute Gasteiger partial charge is 0.334 e. The lowest BCUT2D eigenvalue weighted by Gasteiger charge is -2.08. The van der Waals surface area contributed by atoms with Crippen molar-refractivity contribution in [1.29, 1.82) is 0 Å². The largest absolute Gasteiger partial charge is 0.454 e. The Hall–Kier alpha value is -2.96. The lowest BCUT2D eigenvalue weighted by Crippen LogP contribution is -1.98. The van der Waals surface area contributed by atoms with Gasteiger partial charge in [-0.1, -0.05) is 6.07 Å². The number of fused-ring (bicyclic) bond motifs is 1. The van der Waals surface area contributed by atoms with E-state index in [2.05, 4.69) is 0 Å². The first-order valence-electron chi connectivity index (χ1n) is 5.75. The van der Waals surface area contributed by atoms with Gasteiger partial charge >= 0.3 is 5.69 Å². The van der Waals surface area contributed by atoms with Crippen molar-refractivity contribution in [3.05, 3.63) is 46.5 Å². The number of anilines is 1. The van der Waals surface area contributed by atoms with Crippen molar-refractivity contribution in [2.45, 2.75) is 0 Å². The lowest BCUT2D eigenvalue weighted by molar-refractivity contribution is -0.384. The molecule has 1 aliphatic rings. The van der Waals surface area contributed by atoms with E-state index in [0.29, 0.717) is 17.2 Å². The maximum Gasteiger partial charge on any atom is 0.334 e. The standard InChI is InChI=1S/C13H10N2O5/c14-9-2-1-3-11(13(9)15(16)17)20-8-4-5-10-12(6-8)19-7-18-10/h1-6H,7,14H2. The predicted octanol–water partition coefficient (Wildman–Crippen LogP) is 2.70. The predicted molar refractivity (Wildman–Crippen MR) is 70.1 cm³/mol. The minimum absolute atomic E-state index is 0.0493. The van der Waals surface area contributed by atoms with E-state index in [1.54, 1.807) is 24.3 Å². The van der Waals surface area contributed by atoms with Crippen LogP contribution in [-0.4, -0.2) is 11.7 Å². The number of para-hydroxylation sites is 1. The van der Waals surface area contributed by atoms with Crippen molar-refractivity contribution in [2.24, 2.45) is 0 Å². The molecule has 0 saturated carbocycles. The quantitative estimate of drug-likeness (QED) is 0.525. The van der Waals surface area contributed by atoms with Crippen LogP contribution < -0.4 is 19.9 Å². The zero-order chi connectivity index (χ0) is 14.1. The van der Waals surface area contributed by atoms with Crippen LogP contribution in [0, 0.1) is 10.1 Å². The Morgan fingerprint density at radius 3 is 2.80 bits per heavy atom. The summed E-state index contributed by atoms with van der Waals surface area (Å²) < 4.78 is 15.9. The van der Waals surface area contributed by atoms with Crippen LogP contribution >= 0.6 is 0 Å². The Kier molecular flexibility index (Phi) is 2.79. The molecule has 0 aliphatic carbocycles. The van der Waals surface area contributed by atoms with Crippen LogP contribution in [0.2, 0.25) is 0 Å².